The van der Waals surface area contributed by atoms with Crippen LogP contribution in [0, 0.1) is 5.82 Å². The van der Waals surface area contributed by atoms with Gasteiger partial charge in [-0.1, -0.05) is 0 Å². The minimum atomic E-state index is -0.456. The van der Waals surface area contributed by atoms with Gasteiger partial charge in [0.25, 0.3) is 0 Å². The molecule has 0 saturated carbocycles. The smallest absolute Gasteiger partial charge is 0.226 e. The number of nitrogen functional groups attached to an aromatic ring is 1. The van der Waals surface area contributed by atoms with E-state index in [1.165, 1.54) is 12.1 Å². The summed E-state index contributed by atoms with van der Waals surface area (Å²) in [5, 5.41) is 10.9. The van der Waals surface area contributed by atoms with E-state index in [2.05, 4.69) is 5.32 Å². The van der Waals surface area contributed by atoms with E-state index in [1.807, 2.05) is 0 Å². The Morgan fingerprint density at radius 2 is 2.29 bits per heavy atom. The molecule has 0 unspecified atom stereocenters. The summed E-state index contributed by atoms with van der Waals surface area (Å²) in [6, 6.07) is 3.69. The molecule has 1 aromatic carbocycles. The number of carbonyl (C=O) groups is 1. The van der Waals surface area contributed by atoms with Crippen LogP contribution in [-0.4, -0.2) is 17.6 Å². The summed E-state index contributed by atoms with van der Waals surface area (Å²) in [6.45, 7) is -0.229. The number of nitrogens with two attached hydrogens (primary N) is 1. The molecule has 4 N–H and O–H groups in total. The normalized spacial score (nSPS) is 9.86. The van der Waals surface area contributed by atoms with Gasteiger partial charge in [0.05, 0.1) is 24.4 Å². The Morgan fingerprint density at radius 1 is 1.57 bits per heavy atom. The van der Waals surface area contributed by atoms with Crippen LogP contribution >= 0.6 is 0 Å². The maximum absolute atomic E-state index is 12.6. The van der Waals surface area contributed by atoms with Crippen molar-refractivity contribution in [2.75, 3.05) is 17.7 Å². The number of aliphatic hydroxyl groups is 1. The van der Waals surface area contributed by atoms with Crippen LogP contribution in [-0.2, 0) is 4.79 Å². The zero-order valence-corrected chi connectivity index (χ0v) is 7.46. The minimum Gasteiger partial charge on any atom is -0.397 e. The number of aliphatic hydroxyl groups excluding tert-OH is 1. The van der Waals surface area contributed by atoms with E-state index in [0.717, 1.165) is 6.07 Å². The predicted octanol–water partition coefficient (Wildman–Crippen LogP) is 0.729. The number of nitrogens with one attached hydrogen (secondary N) is 1. The molecule has 76 valence electrons. The number of anilines is 2. The molecule has 1 aromatic rings. The van der Waals surface area contributed by atoms with Gasteiger partial charge in [0.1, 0.15) is 5.82 Å². The van der Waals surface area contributed by atoms with Gasteiger partial charge in [-0.05, 0) is 18.2 Å². The molecule has 0 atom stereocenters. The van der Waals surface area contributed by atoms with Gasteiger partial charge < -0.3 is 16.2 Å². The van der Waals surface area contributed by atoms with Crippen molar-refractivity contribution in [3.8, 4) is 0 Å². The highest BCUT2D eigenvalue weighted by atomic mass is 19.1. The van der Waals surface area contributed by atoms with Gasteiger partial charge in [-0.3, -0.25) is 4.79 Å². The largest absolute Gasteiger partial charge is 0.397 e. The zero-order chi connectivity index (χ0) is 10.6. The monoisotopic (exact) mass is 198 g/mol. The molecule has 5 heteroatoms. The van der Waals surface area contributed by atoms with E-state index in [4.69, 9.17) is 10.8 Å². The van der Waals surface area contributed by atoms with Gasteiger partial charge in [-0.25, -0.2) is 4.39 Å². The second-order valence-corrected chi connectivity index (χ2v) is 2.75. The van der Waals surface area contributed by atoms with Crippen LogP contribution in [0.15, 0.2) is 18.2 Å². The third-order valence-electron chi connectivity index (χ3n) is 1.63. The summed E-state index contributed by atoms with van der Waals surface area (Å²) in [6.07, 6.45) is -0.00316. The molecule has 1 rings (SSSR count). The summed E-state index contributed by atoms with van der Waals surface area (Å²) in [5.74, 6) is -0.812. The molecule has 1 amide bonds. The molecular formula is C9H11FN2O2. The standard InChI is InChI=1S/C9H11FN2O2/c10-6-1-2-8(7(11)5-6)12-9(14)3-4-13/h1-2,5,13H,3-4,11H2,(H,12,14). The Kier molecular flexibility index (Phi) is 3.41. The fourth-order valence-corrected chi connectivity index (χ4v) is 0.962. The highest BCUT2D eigenvalue weighted by molar-refractivity contribution is 5.93. The molecule has 4 nitrogen and oxygen atoms in total. The number of halogens is 1. The quantitative estimate of drug-likeness (QED) is 0.627. The van der Waals surface area contributed by atoms with Crippen molar-refractivity contribution >= 4 is 17.3 Å². The van der Waals surface area contributed by atoms with Crippen LogP contribution in [0.2, 0.25) is 0 Å². The SMILES string of the molecule is Nc1cc(F)ccc1NC(=O)CCO. The fourth-order valence-electron chi connectivity index (χ4n) is 0.962. The van der Waals surface area contributed by atoms with Gasteiger partial charge in [-0.2, -0.15) is 0 Å². The molecule has 0 saturated heterocycles. The first-order valence-electron chi connectivity index (χ1n) is 4.09. The summed E-state index contributed by atoms with van der Waals surface area (Å²) < 4.78 is 12.6. The maximum atomic E-state index is 12.6. The van der Waals surface area contributed by atoms with E-state index < -0.39 is 5.82 Å². The molecule has 0 fully saturated rings. The summed E-state index contributed by atoms with van der Waals surface area (Å²) in [7, 11) is 0. The second kappa shape index (κ2) is 4.57. The maximum Gasteiger partial charge on any atom is 0.226 e. The minimum absolute atomic E-state index is 0.00316. The highest BCUT2D eigenvalue weighted by Crippen LogP contribution is 2.18. The third kappa shape index (κ3) is 2.70. The lowest BCUT2D eigenvalue weighted by molar-refractivity contribution is -0.116. The van der Waals surface area contributed by atoms with Crippen molar-refractivity contribution in [3.05, 3.63) is 24.0 Å². The third-order valence-corrected chi connectivity index (χ3v) is 1.63. The van der Waals surface area contributed by atoms with Crippen molar-refractivity contribution < 1.29 is 14.3 Å². The highest BCUT2D eigenvalue weighted by Gasteiger charge is 2.04. The topological polar surface area (TPSA) is 75.3 Å². The summed E-state index contributed by atoms with van der Waals surface area (Å²) in [4.78, 5) is 11.0. The molecule has 0 aromatic heterocycles. The van der Waals surface area contributed by atoms with Gasteiger partial charge in [0.2, 0.25) is 5.91 Å². The van der Waals surface area contributed by atoms with Gasteiger partial charge in [-0.15, -0.1) is 0 Å². The van der Waals surface area contributed by atoms with Crippen LogP contribution in [0.1, 0.15) is 6.42 Å². The van der Waals surface area contributed by atoms with E-state index >= 15 is 0 Å². The number of rotatable bonds is 3. The van der Waals surface area contributed by atoms with E-state index in [-0.39, 0.29) is 24.6 Å². The Balaban J connectivity index is 2.72. The van der Waals surface area contributed by atoms with Gasteiger partial charge in [0, 0.05) is 0 Å². The lowest BCUT2D eigenvalue weighted by Crippen LogP contribution is -2.14. The number of hydrogen-bond acceptors (Lipinski definition) is 3. The number of hydrogen-bond donors (Lipinski definition) is 3. The van der Waals surface area contributed by atoms with Gasteiger partial charge >= 0.3 is 0 Å². The zero-order valence-electron chi connectivity index (χ0n) is 7.46. The molecule has 0 aliphatic rings. The Bertz CT molecular complexity index is 342. The van der Waals surface area contributed by atoms with E-state index in [1.54, 1.807) is 0 Å². The fraction of sp³-hybridized carbons (Fsp3) is 0.222. The Morgan fingerprint density at radius 3 is 2.86 bits per heavy atom. The molecule has 0 aliphatic heterocycles. The Hall–Kier alpha value is -1.62. The average Bonchev–Trinajstić information content (AvgIpc) is 2.10. The van der Waals surface area contributed by atoms with Crippen molar-refractivity contribution in [2.45, 2.75) is 6.42 Å². The van der Waals surface area contributed by atoms with Crippen molar-refractivity contribution in [2.24, 2.45) is 0 Å². The van der Waals surface area contributed by atoms with Crippen LogP contribution in [0.4, 0.5) is 15.8 Å². The van der Waals surface area contributed by atoms with Crippen LogP contribution < -0.4 is 11.1 Å². The average molecular weight is 198 g/mol. The van der Waals surface area contributed by atoms with Crippen molar-refractivity contribution in [3.63, 3.8) is 0 Å². The van der Waals surface area contributed by atoms with Crippen molar-refractivity contribution in [1.82, 2.24) is 0 Å². The summed E-state index contributed by atoms with van der Waals surface area (Å²) >= 11 is 0. The number of amides is 1. The molecule has 0 radical (unpaired) electrons. The lowest BCUT2D eigenvalue weighted by atomic mass is 10.2. The first kappa shape index (κ1) is 10.5. The van der Waals surface area contributed by atoms with Crippen molar-refractivity contribution in [1.29, 1.82) is 0 Å². The number of benzene rings is 1. The first-order chi connectivity index (χ1) is 6.63. The van der Waals surface area contributed by atoms with Gasteiger partial charge in [0.15, 0.2) is 0 Å². The molecule has 0 aliphatic carbocycles. The number of carbonyl (C=O) groups excluding carboxylic acids is 1. The molecule has 0 heterocycles. The van der Waals surface area contributed by atoms with E-state index in [0.29, 0.717) is 5.69 Å². The molecule has 0 spiro atoms. The Labute approximate surface area is 80.5 Å². The molecule has 14 heavy (non-hydrogen) atoms. The van der Waals surface area contributed by atoms with Crippen LogP contribution in [0.25, 0.3) is 0 Å². The molecular weight excluding hydrogens is 187 g/mol. The summed E-state index contributed by atoms with van der Waals surface area (Å²) in [5.41, 5.74) is 5.96. The predicted molar refractivity (Wildman–Crippen MR) is 51.1 cm³/mol. The first-order valence-corrected chi connectivity index (χ1v) is 4.09. The second-order valence-electron chi connectivity index (χ2n) is 2.75. The van der Waals surface area contributed by atoms with Crippen LogP contribution in [0.5, 0.6) is 0 Å². The van der Waals surface area contributed by atoms with Crippen LogP contribution in [0.3, 0.4) is 0 Å². The van der Waals surface area contributed by atoms with E-state index in [9.17, 15) is 9.18 Å². The lowest BCUT2D eigenvalue weighted by Gasteiger charge is -2.06. The molecule has 0 bridgehead atoms.